The lowest BCUT2D eigenvalue weighted by Gasteiger charge is -2.44. The molecule has 0 spiro atoms. The van der Waals surface area contributed by atoms with E-state index >= 15 is 0 Å². The van der Waals surface area contributed by atoms with Gasteiger partial charge in [0.2, 0.25) is 5.91 Å². The average molecular weight is 245 g/mol. The van der Waals surface area contributed by atoms with Gasteiger partial charge < -0.3 is 15.1 Å². The maximum Gasteiger partial charge on any atom is 0.327 e. The number of aliphatic hydroxyl groups excluding tert-OH is 1. The van der Waals surface area contributed by atoms with Gasteiger partial charge in [-0.15, -0.1) is 11.8 Å². The van der Waals surface area contributed by atoms with E-state index in [1.807, 2.05) is 13.8 Å². The number of carboxylic acid groups (broad SMARTS) is 1. The highest BCUT2D eigenvalue weighted by Crippen LogP contribution is 2.53. The monoisotopic (exact) mass is 245 g/mol. The smallest absolute Gasteiger partial charge is 0.327 e. The Morgan fingerprint density at radius 2 is 2.12 bits per heavy atom. The van der Waals surface area contributed by atoms with Crippen LogP contribution < -0.4 is 0 Å². The number of fused-ring (bicyclic) bond motifs is 1. The maximum absolute atomic E-state index is 11.8. The zero-order chi connectivity index (χ0) is 12.2. The number of nitrogens with zero attached hydrogens (tertiary/aromatic N) is 1. The molecular formula is C10H15NO4S. The summed E-state index contributed by atoms with van der Waals surface area (Å²) in [5.74, 6) is -1.67. The Morgan fingerprint density at radius 1 is 1.56 bits per heavy atom. The molecule has 2 unspecified atom stereocenters. The fourth-order valence-corrected chi connectivity index (χ4v) is 4.28. The molecule has 0 aromatic rings. The Bertz CT molecular complexity index is 355. The summed E-state index contributed by atoms with van der Waals surface area (Å²) in [4.78, 5) is 24.3. The molecule has 2 N–H and O–H groups in total. The molecule has 2 fully saturated rings. The fraction of sp³-hybridized carbons (Fsp3) is 0.800. The van der Waals surface area contributed by atoms with Gasteiger partial charge in [-0.2, -0.15) is 0 Å². The van der Waals surface area contributed by atoms with Crippen LogP contribution in [0.25, 0.3) is 0 Å². The van der Waals surface area contributed by atoms with Gasteiger partial charge in [0, 0.05) is 4.75 Å². The Labute approximate surface area is 97.8 Å². The summed E-state index contributed by atoms with van der Waals surface area (Å²) in [7, 11) is 0. The van der Waals surface area contributed by atoms with E-state index < -0.39 is 28.8 Å². The fourth-order valence-electron chi connectivity index (χ4n) is 2.49. The SMILES string of the molecule is CC(O)C1C(=O)N2[C@@H]1SC(C)(C)[C@@H]2C(=O)O. The zero-order valence-electron chi connectivity index (χ0n) is 9.38. The molecule has 4 atom stereocenters. The van der Waals surface area contributed by atoms with Crippen LogP contribution in [0.5, 0.6) is 0 Å². The molecule has 16 heavy (non-hydrogen) atoms. The molecule has 5 nitrogen and oxygen atoms in total. The summed E-state index contributed by atoms with van der Waals surface area (Å²) in [6.45, 7) is 5.21. The van der Waals surface area contributed by atoms with Gasteiger partial charge in [0.25, 0.3) is 0 Å². The van der Waals surface area contributed by atoms with Crippen molar-refractivity contribution < 1.29 is 19.8 Å². The Morgan fingerprint density at radius 3 is 2.56 bits per heavy atom. The molecule has 0 radical (unpaired) electrons. The van der Waals surface area contributed by atoms with Crippen LogP contribution in [0.4, 0.5) is 0 Å². The second kappa shape index (κ2) is 3.37. The largest absolute Gasteiger partial charge is 0.480 e. The van der Waals surface area contributed by atoms with Gasteiger partial charge in [-0.3, -0.25) is 4.79 Å². The number of carbonyl (C=O) groups is 2. The minimum atomic E-state index is -0.975. The van der Waals surface area contributed by atoms with Crippen molar-refractivity contribution in [3.8, 4) is 0 Å². The quantitative estimate of drug-likeness (QED) is 0.676. The van der Waals surface area contributed by atoms with Crippen molar-refractivity contribution in [3.63, 3.8) is 0 Å². The van der Waals surface area contributed by atoms with Crippen molar-refractivity contribution >= 4 is 23.6 Å². The highest BCUT2D eigenvalue weighted by molar-refractivity contribution is 8.01. The number of hydrogen-bond donors (Lipinski definition) is 2. The van der Waals surface area contributed by atoms with Crippen LogP contribution in [0.1, 0.15) is 20.8 Å². The standard InChI is InChI=1S/C10H15NO4S/c1-4(12)5-7(13)11-6(9(14)15)10(2,3)16-8(5)11/h4-6,8,12H,1-3H3,(H,14,15)/t4?,5?,6-,8+/m0/s1. The number of rotatable bonds is 2. The van der Waals surface area contributed by atoms with E-state index in [4.69, 9.17) is 5.11 Å². The molecule has 0 aromatic carbocycles. The number of aliphatic carboxylic acids is 1. The summed E-state index contributed by atoms with van der Waals surface area (Å²) in [5, 5.41) is 18.4. The molecule has 90 valence electrons. The molecule has 2 saturated heterocycles. The number of carbonyl (C=O) groups excluding carboxylic acids is 1. The minimum absolute atomic E-state index is 0.191. The number of β-lactam (4-membered cyclic amide) rings is 1. The van der Waals surface area contributed by atoms with E-state index in [9.17, 15) is 14.7 Å². The topological polar surface area (TPSA) is 77.8 Å². The number of thioether (sulfide) groups is 1. The van der Waals surface area contributed by atoms with Crippen LogP contribution in [0, 0.1) is 5.92 Å². The first kappa shape index (κ1) is 11.7. The van der Waals surface area contributed by atoms with Gasteiger partial charge in [0.15, 0.2) is 0 Å². The van der Waals surface area contributed by atoms with Crippen molar-refractivity contribution in [1.29, 1.82) is 0 Å². The third-order valence-electron chi connectivity index (χ3n) is 3.24. The van der Waals surface area contributed by atoms with Gasteiger partial charge in [-0.05, 0) is 20.8 Å². The Kier molecular flexibility index (Phi) is 2.47. The first-order chi connectivity index (χ1) is 7.27. The molecular weight excluding hydrogens is 230 g/mol. The van der Waals surface area contributed by atoms with Crippen LogP contribution in [-0.4, -0.2) is 49.3 Å². The third-order valence-corrected chi connectivity index (χ3v) is 4.83. The van der Waals surface area contributed by atoms with Crippen LogP contribution in [0.15, 0.2) is 0 Å². The summed E-state index contributed by atoms with van der Waals surface area (Å²) in [5.41, 5.74) is 0. The number of carboxylic acids is 1. The van der Waals surface area contributed by atoms with Crippen LogP contribution in [-0.2, 0) is 9.59 Å². The van der Waals surface area contributed by atoms with Gasteiger partial charge >= 0.3 is 5.97 Å². The van der Waals surface area contributed by atoms with E-state index in [-0.39, 0.29) is 11.3 Å². The number of aliphatic hydroxyl groups is 1. The van der Waals surface area contributed by atoms with Gasteiger partial charge in [0.1, 0.15) is 6.04 Å². The minimum Gasteiger partial charge on any atom is -0.480 e. The van der Waals surface area contributed by atoms with E-state index in [1.165, 1.54) is 16.7 Å². The van der Waals surface area contributed by atoms with Crippen molar-refractivity contribution in [2.75, 3.05) is 0 Å². The maximum atomic E-state index is 11.8. The van der Waals surface area contributed by atoms with E-state index in [2.05, 4.69) is 0 Å². The number of hydrogen-bond acceptors (Lipinski definition) is 4. The first-order valence-corrected chi connectivity index (χ1v) is 6.06. The molecule has 0 aliphatic carbocycles. The van der Waals surface area contributed by atoms with E-state index in [0.717, 1.165) is 0 Å². The Balaban J connectivity index is 2.28. The van der Waals surface area contributed by atoms with Crippen molar-refractivity contribution in [2.45, 2.75) is 43.0 Å². The van der Waals surface area contributed by atoms with Crippen LogP contribution >= 0.6 is 11.8 Å². The summed E-state index contributed by atoms with van der Waals surface area (Å²) < 4.78 is -0.504. The molecule has 2 aliphatic rings. The Hall–Kier alpha value is -0.750. The molecule has 2 heterocycles. The van der Waals surface area contributed by atoms with Gasteiger partial charge in [-0.25, -0.2) is 4.79 Å². The lowest BCUT2D eigenvalue weighted by molar-refractivity contribution is -0.168. The highest BCUT2D eigenvalue weighted by atomic mass is 32.2. The van der Waals surface area contributed by atoms with Crippen LogP contribution in [0.2, 0.25) is 0 Å². The van der Waals surface area contributed by atoms with Gasteiger partial charge in [0.05, 0.1) is 17.4 Å². The molecule has 1 amide bonds. The molecule has 6 heteroatoms. The number of amides is 1. The predicted molar refractivity (Wildman–Crippen MR) is 58.9 cm³/mol. The summed E-state index contributed by atoms with van der Waals surface area (Å²) in [6.07, 6.45) is -0.718. The van der Waals surface area contributed by atoms with Crippen LogP contribution in [0.3, 0.4) is 0 Å². The molecule has 0 bridgehead atoms. The normalized spacial score (nSPS) is 37.9. The molecule has 2 rings (SSSR count). The summed E-state index contributed by atoms with van der Waals surface area (Å²) in [6, 6.07) is -0.787. The van der Waals surface area contributed by atoms with Gasteiger partial charge in [-0.1, -0.05) is 0 Å². The van der Waals surface area contributed by atoms with Crippen molar-refractivity contribution in [1.82, 2.24) is 4.90 Å². The molecule has 2 aliphatic heterocycles. The predicted octanol–water partition coefficient (Wildman–Crippen LogP) is 0.130. The lowest BCUT2D eigenvalue weighted by atomic mass is 9.88. The highest BCUT2D eigenvalue weighted by Gasteiger charge is 2.64. The van der Waals surface area contributed by atoms with Crippen molar-refractivity contribution in [2.24, 2.45) is 5.92 Å². The summed E-state index contributed by atoms with van der Waals surface area (Å²) >= 11 is 1.46. The second-order valence-corrected chi connectivity index (χ2v) is 6.64. The average Bonchev–Trinajstić information content (AvgIpc) is 2.33. The second-order valence-electron chi connectivity index (χ2n) is 4.86. The molecule has 0 aromatic heterocycles. The first-order valence-electron chi connectivity index (χ1n) is 5.18. The van der Waals surface area contributed by atoms with E-state index in [1.54, 1.807) is 6.92 Å². The zero-order valence-corrected chi connectivity index (χ0v) is 10.2. The van der Waals surface area contributed by atoms with E-state index in [0.29, 0.717) is 0 Å². The lowest BCUT2D eigenvalue weighted by Crippen LogP contribution is -2.65. The third kappa shape index (κ3) is 1.36. The van der Waals surface area contributed by atoms with Crippen molar-refractivity contribution in [3.05, 3.63) is 0 Å². The molecule has 0 saturated carbocycles.